The molecule has 0 aliphatic carbocycles. The summed E-state index contributed by atoms with van der Waals surface area (Å²) < 4.78 is 17.0. The zero-order valence-corrected chi connectivity index (χ0v) is 22.8. The van der Waals surface area contributed by atoms with Gasteiger partial charge in [-0.15, -0.1) is 6.42 Å². The van der Waals surface area contributed by atoms with E-state index in [1.54, 1.807) is 36.4 Å². The molecule has 0 saturated heterocycles. The molecule has 3 rings (SSSR count). The molecule has 0 aliphatic rings. The Bertz CT molecular complexity index is 1310. The topological polar surface area (TPSA) is 98.2 Å². The molecule has 2 amide bonds. The number of hydrogen-bond acceptors (Lipinski definition) is 6. The largest absolute Gasteiger partial charge is 0.493 e. The molecule has 0 radical (unpaired) electrons. The third-order valence-electron chi connectivity index (χ3n) is 5.06. The molecule has 0 unspecified atom stereocenters. The van der Waals surface area contributed by atoms with Crippen molar-refractivity contribution in [3.63, 3.8) is 0 Å². The predicted octanol–water partition coefficient (Wildman–Crippen LogP) is 4.38. The van der Waals surface area contributed by atoms with Gasteiger partial charge in [-0.3, -0.25) is 9.59 Å². The summed E-state index contributed by atoms with van der Waals surface area (Å²) in [5.41, 5.74) is 3.98. The lowest BCUT2D eigenvalue weighted by atomic mass is 10.1. The molecule has 3 aromatic carbocycles. The van der Waals surface area contributed by atoms with Crippen LogP contribution in [-0.2, 0) is 16.0 Å². The van der Waals surface area contributed by atoms with Gasteiger partial charge in [0.25, 0.3) is 11.8 Å². The van der Waals surface area contributed by atoms with Gasteiger partial charge in [-0.25, -0.2) is 5.43 Å². The van der Waals surface area contributed by atoms with Gasteiger partial charge in [0, 0.05) is 11.4 Å². The molecular weight excluding hydrogens is 574 g/mol. The number of nitrogens with zero attached hydrogens (tertiary/aromatic N) is 1. The van der Waals surface area contributed by atoms with E-state index in [0.717, 1.165) is 5.56 Å². The maximum absolute atomic E-state index is 13.0. The van der Waals surface area contributed by atoms with E-state index in [2.05, 4.69) is 37.7 Å². The van der Waals surface area contributed by atoms with Gasteiger partial charge in [-0.2, -0.15) is 5.10 Å². The molecular formula is C28H25BrClN3O5. The van der Waals surface area contributed by atoms with Crippen LogP contribution in [0.2, 0.25) is 5.02 Å². The summed E-state index contributed by atoms with van der Waals surface area (Å²) >= 11 is 9.30. The summed E-state index contributed by atoms with van der Waals surface area (Å²) in [6.07, 6.45) is 6.97. The zero-order chi connectivity index (χ0) is 27.3. The molecule has 0 fully saturated rings. The molecule has 8 nitrogen and oxygen atoms in total. The average molecular weight is 599 g/mol. The highest BCUT2D eigenvalue weighted by Crippen LogP contribution is 2.36. The third-order valence-corrected chi connectivity index (χ3v) is 5.90. The molecule has 10 heteroatoms. The van der Waals surface area contributed by atoms with Gasteiger partial charge in [0.1, 0.15) is 18.4 Å². The number of methoxy groups -OCH3 is 1. The molecule has 1 atom stereocenters. The quantitative estimate of drug-likeness (QED) is 0.183. The molecule has 0 aromatic heterocycles. The highest BCUT2D eigenvalue weighted by Gasteiger charge is 2.21. The van der Waals surface area contributed by atoms with Crippen LogP contribution in [0.1, 0.15) is 11.1 Å². The van der Waals surface area contributed by atoms with Crippen molar-refractivity contribution in [3.8, 4) is 29.6 Å². The van der Waals surface area contributed by atoms with E-state index < -0.39 is 17.9 Å². The Morgan fingerprint density at radius 2 is 1.87 bits per heavy atom. The number of ether oxygens (including phenoxy) is 3. The van der Waals surface area contributed by atoms with Crippen molar-refractivity contribution in [1.29, 1.82) is 0 Å². The van der Waals surface area contributed by atoms with Crippen molar-refractivity contribution in [3.05, 3.63) is 87.4 Å². The van der Waals surface area contributed by atoms with Gasteiger partial charge >= 0.3 is 0 Å². The number of carbonyl (C=O) groups excluding carboxylic acids is 2. The smallest absolute Gasteiger partial charge is 0.262 e. The van der Waals surface area contributed by atoms with Crippen LogP contribution in [0, 0.1) is 12.3 Å². The van der Waals surface area contributed by atoms with Crippen LogP contribution in [0.3, 0.4) is 0 Å². The standard InChI is InChI=1S/C28H25BrClN3O5/c1-3-13-37-27-23(29)14-20(16-25(27)36-2)17-31-33-28(35)24(15-19-7-5-4-6-8-19)32-26(34)18-38-22-11-9-21(30)10-12-22/h1,4-12,14,16-17,24H,13,15,18H2,2H3,(H,32,34)(H,33,35)/b31-17-/t24-/m1/s1. The first kappa shape index (κ1) is 28.6. The van der Waals surface area contributed by atoms with Gasteiger partial charge in [-0.05, 0) is 63.5 Å². The highest BCUT2D eigenvalue weighted by molar-refractivity contribution is 9.10. The average Bonchev–Trinajstić information content (AvgIpc) is 2.92. The Labute approximate surface area is 234 Å². The SMILES string of the molecule is C#CCOc1c(Br)cc(/C=N\NC(=O)[C@@H](Cc2ccccc2)NC(=O)COc2ccc(Cl)cc2)cc1OC. The number of hydrogen-bond donors (Lipinski definition) is 2. The first-order valence-electron chi connectivity index (χ1n) is 11.4. The number of terminal acetylenes is 1. The van der Waals surface area contributed by atoms with E-state index >= 15 is 0 Å². The lowest BCUT2D eigenvalue weighted by molar-refractivity contribution is -0.130. The number of carbonyl (C=O) groups is 2. The normalized spacial score (nSPS) is 11.3. The van der Waals surface area contributed by atoms with E-state index in [0.29, 0.717) is 32.3 Å². The van der Waals surface area contributed by atoms with Gasteiger partial charge in [-0.1, -0.05) is 47.9 Å². The second-order valence-corrected chi connectivity index (χ2v) is 9.10. The Kier molecular flexibility index (Phi) is 11.0. The van der Waals surface area contributed by atoms with Crippen molar-refractivity contribution in [1.82, 2.24) is 10.7 Å². The van der Waals surface area contributed by atoms with E-state index in [4.69, 9.17) is 32.2 Å². The number of benzene rings is 3. The van der Waals surface area contributed by atoms with Crippen molar-refractivity contribution in [2.24, 2.45) is 5.10 Å². The summed E-state index contributed by atoms with van der Waals surface area (Å²) in [6.45, 7) is -0.191. The number of amides is 2. The number of halogens is 2. The fraction of sp³-hybridized carbons (Fsp3) is 0.179. The lowest BCUT2D eigenvalue weighted by Gasteiger charge is -2.17. The maximum Gasteiger partial charge on any atom is 0.262 e. The van der Waals surface area contributed by atoms with Crippen LogP contribution in [0.5, 0.6) is 17.2 Å². The van der Waals surface area contributed by atoms with Gasteiger partial charge in [0.15, 0.2) is 18.1 Å². The maximum atomic E-state index is 13.0. The van der Waals surface area contributed by atoms with E-state index in [9.17, 15) is 9.59 Å². The molecule has 0 bridgehead atoms. The third kappa shape index (κ3) is 8.83. The molecule has 0 spiro atoms. The number of nitrogens with one attached hydrogen (secondary N) is 2. The van der Waals surface area contributed by atoms with Gasteiger partial charge in [0.2, 0.25) is 0 Å². The van der Waals surface area contributed by atoms with Gasteiger partial charge in [0.05, 0.1) is 17.8 Å². The first-order chi connectivity index (χ1) is 18.4. The van der Waals surface area contributed by atoms with Crippen molar-refractivity contribution < 1.29 is 23.8 Å². The summed E-state index contributed by atoms with van der Waals surface area (Å²) in [5.74, 6) is 2.82. The Morgan fingerprint density at radius 1 is 1.13 bits per heavy atom. The molecule has 0 aliphatic heterocycles. The summed E-state index contributed by atoms with van der Waals surface area (Å²) in [4.78, 5) is 25.6. The van der Waals surface area contributed by atoms with E-state index in [1.165, 1.54) is 13.3 Å². The number of hydrazone groups is 1. The highest BCUT2D eigenvalue weighted by atomic mass is 79.9. The van der Waals surface area contributed by atoms with E-state index in [-0.39, 0.29) is 19.6 Å². The summed E-state index contributed by atoms with van der Waals surface area (Å²) in [5, 5.41) is 7.32. The van der Waals surface area contributed by atoms with Crippen LogP contribution in [0.4, 0.5) is 0 Å². The monoisotopic (exact) mass is 597 g/mol. The molecule has 3 aromatic rings. The van der Waals surface area contributed by atoms with Crippen LogP contribution in [0.15, 0.2) is 76.3 Å². The second-order valence-electron chi connectivity index (χ2n) is 7.81. The molecule has 0 heterocycles. The van der Waals surface area contributed by atoms with Crippen LogP contribution >= 0.6 is 27.5 Å². The molecule has 0 saturated carbocycles. The minimum atomic E-state index is -0.892. The molecule has 38 heavy (non-hydrogen) atoms. The minimum Gasteiger partial charge on any atom is -0.493 e. The summed E-state index contributed by atoms with van der Waals surface area (Å²) in [6, 6.07) is 18.5. The number of rotatable bonds is 12. The fourth-order valence-electron chi connectivity index (χ4n) is 3.29. The van der Waals surface area contributed by atoms with Crippen LogP contribution in [0.25, 0.3) is 0 Å². The van der Waals surface area contributed by atoms with Crippen LogP contribution in [-0.4, -0.2) is 44.4 Å². The van der Waals surface area contributed by atoms with Gasteiger partial charge < -0.3 is 19.5 Å². The second kappa shape index (κ2) is 14.7. The molecule has 196 valence electrons. The fourth-order valence-corrected chi connectivity index (χ4v) is 3.99. The van der Waals surface area contributed by atoms with E-state index in [1.807, 2.05) is 30.3 Å². The zero-order valence-electron chi connectivity index (χ0n) is 20.4. The van der Waals surface area contributed by atoms with Crippen LogP contribution < -0.4 is 25.0 Å². The predicted molar refractivity (Wildman–Crippen MR) is 150 cm³/mol. The summed E-state index contributed by atoms with van der Waals surface area (Å²) in [7, 11) is 1.50. The Morgan fingerprint density at radius 3 is 2.55 bits per heavy atom. The van der Waals surface area contributed by atoms with Crippen molar-refractivity contribution >= 4 is 45.6 Å². The molecule has 2 N–H and O–H groups in total. The Balaban J connectivity index is 1.67. The lowest BCUT2D eigenvalue weighted by Crippen LogP contribution is -2.48. The van der Waals surface area contributed by atoms with Crippen molar-refractivity contribution in [2.45, 2.75) is 12.5 Å². The Hall–Kier alpha value is -4.00. The first-order valence-corrected chi connectivity index (χ1v) is 12.5. The minimum absolute atomic E-state index is 0.0811. The van der Waals surface area contributed by atoms with Crippen molar-refractivity contribution in [2.75, 3.05) is 20.3 Å².